The topological polar surface area (TPSA) is 38.0 Å². The molecule has 1 aliphatic rings. The molecular formula is C19H24N2. The first-order valence-electron chi connectivity index (χ1n) is 7.89. The van der Waals surface area contributed by atoms with Crippen LogP contribution in [0.5, 0.6) is 0 Å². The molecule has 0 radical (unpaired) electrons. The largest absolute Gasteiger partial charge is 0.329 e. The average Bonchev–Trinajstić information content (AvgIpc) is 3.38. The third-order valence-electron chi connectivity index (χ3n) is 4.35. The molecule has 0 aliphatic heterocycles. The third-order valence-corrected chi connectivity index (χ3v) is 4.35. The number of nitrogens with two attached hydrogens (primary N) is 1. The van der Waals surface area contributed by atoms with E-state index in [2.05, 4.69) is 66.8 Å². The molecule has 21 heavy (non-hydrogen) atoms. The molecule has 2 nitrogen and oxygen atoms in total. The molecule has 0 heterocycles. The molecule has 0 amide bonds. The highest BCUT2D eigenvalue weighted by molar-refractivity contribution is 5.31. The predicted octanol–water partition coefficient (Wildman–Crippen LogP) is 3.91. The Labute approximate surface area is 127 Å². The maximum Gasteiger partial charge on any atom is 0.0449 e. The Morgan fingerprint density at radius 2 is 1.76 bits per heavy atom. The van der Waals surface area contributed by atoms with Crippen molar-refractivity contribution in [2.45, 2.75) is 37.8 Å². The van der Waals surface area contributed by atoms with Crippen molar-refractivity contribution in [1.82, 2.24) is 5.32 Å². The SMILES string of the molecule is CC(NC(CN)c1cccc(C2CC2)c1)c1ccccc1. The van der Waals surface area contributed by atoms with E-state index in [4.69, 9.17) is 5.73 Å². The summed E-state index contributed by atoms with van der Waals surface area (Å²) >= 11 is 0. The van der Waals surface area contributed by atoms with Crippen LogP contribution in [0.2, 0.25) is 0 Å². The first-order valence-corrected chi connectivity index (χ1v) is 7.89. The maximum absolute atomic E-state index is 6.01. The van der Waals surface area contributed by atoms with Gasteiger partial charge in [0, 0.05) is 18.6 Å². The summed E-state index contributed by atoms with van der Waals surface area (Å²) in [7, 11) is 0. The molecular weight excluding hydrogens is 256 g/mol. The van der Waals surface area contributed by atoms with Gasteiger partial charge in [0.05, 0.1) is 0 Å². The Hall–Kier alpha value is -1.64. The summed E-state index contributed by atoms with van der Waals surface area (Å²) in [6.45, 7) is 2.81. The second-order valence-corrected chi connectivity index (χ2v) is 6.03. The summed E-state index contributed by atoms with van der Waals surface area (Å²) in [4.78, 5) is 0. The van der Waals surface area contributed by atoms with E-state index >= 15 is 0 Å². The minimum absolute atomic E-state index is 0.207. The fraction of sp³-hybridized carbons (Fsp3) is 0.368. The molecule has 2 heteroatoms. The van der Waals surface area contributed by atoms with Crippen LogP contribution >= 0.6 is 0 Å². The van der Waals surface area contributed by atoms with Crippen LogP contribution in [0, 0.1) is 0 Å². The van der Waals surface area contributed by atoms with Crippen molar-refractivity contribution < 1.29 is 0 Å². The fourth-order valence-corrected chi connectivity index (χ4v) is 2.89. The zero-order valence-corrected chi connectivity index (χ0v) is 12.6. The number of rotatable bonds is 6. The normalized spacial score (nSPS) is 17.4. The van der Waals surface area contributed by atoms with Crippen LogP contribution in [0.1, 0.15) is 54.5 Å². The molecule has 1 aliphatic carbocycles. The predicted molar refractivity (Wildman–Crippen MR) is 88.2 cm³/mol. The molecule has 1 fully saturated rings. The fourth-order valence-electron chi connectivity index (χ4n) is 2.89. The van der Waals surface area contributed by atoms with Crippen LogP contribution in [0.4, 0.5) is 0 Å². The van der Waals surface area contributed by atoms with Crippen LogP contribution in [-0.4, -0.2) is 6.54 Å². The molecule has 3 N–H and O–H groups in total. The van der Waals surface area contributed by atoms with Gasteiger partial charge in [0.15, 0.2) is 0 Å². The zero-order valence-electron chi connectivity index (χ0n) is 12.6. The van der Waals surface area contributed by atoms with Gasteiger partial charge in [-0.1, -0.05) is 54.6 Å². The first kappa shape index (κ1) is 14.3. The first-order chi connectivity index (χ1) is 10.3. The van der Waals surface area contributed by atoms with Crippen LogP contribution in [0.15, 0.2) is 54.6 Å². The molecule has 1 saturated carbocycles. The molecule has 2 aromatic carbocycles. The highest BCUT2D eigenvalue weighted by Gasteiger charge is 2.24. The second kappa shape index (κ2) is 6.42. The highest BCUT2D eigenvalue weighted by Crippen LogP contribution is 2.40. The summed E-state index contributed by atoms with van der Waals surface area (Å²) < 4.78 is 0. The molecule has 3 rings (SSSR count). The summed E-state index contributed by atoms with van der Waals surface area (Å²) in [5.41, 5.74) is 10.1. The Bertz CT molecular complexity index is 575. The second-order valence-electron chi connectivity index (χ2n) is 6.03. The van der Waals surface area contributed by atoms with E-state index in [1.165, 1.54) is 29.5 Å². The molecule has 110 valence electrons. The van der Waals surface area contributed by atoms with E-state index < -0.39 is 0 Å². The Morgan fingerprint density at radius 3 is 2.43 bits per heavy atom. The molecule has 0 bridgehead atoms. The number of hydrogen-bond donors (Lipinski definition) is 2. The van der Waals surface area contributed by atoms with Gasteiger partial charge < -0.3 is 11.1 Å². The van der Waals surface area contributed by atoms with Gasteiger partial charge in [-0.05, 0) is 42.4 Å². The van der Waals surface area contributed by atoms with Crippen LogP contribution in [-0.2, 0) is 0 Å². The van der Waals surface area contributed by atoms with E-state index in [0.29, 0.717) is 12.6 Å². The van der Waals surface area contributed by atoms with Crippen molar-refractivity contribution >= 4 is 0 Å². The molecule has 0 saturated heterocycles. The molecule has 0 aromatic heterocycles. The van der Waals surface area contributed by atoms with Crippen LogP contribution in [0.25, 0.3) is 0 Å². The van der Waals surface area contributed by atoms with Gasteiger partial charge >= 0.3 is 0 Å². The number of nitrogens with one attached hydrogen (secondary N) is 1. The summed E-state index contributed by atoms with van der Waals surface area (Å²) in [5, 5.41) is 3.66. The molecule has 2 aromatic rings. The monoisotopic (exact) mass is 280 g/mol. The highest BCUT2D eigenvalue weighted by atomic mass is 15.0. The minimum atomic E-state index is 0.207. The number of benzene rings is 2. The number of hydrogen-bond acceptors (Lipinski definition) is 2. The van der Waals surface area contributed by atoms with Crippen molar-refractivity contribution in [1.29, 1.82) is 0 Å². The minimum Gasteiger partial charge on any atom is -0.329 e. The van der Waals surface area contributed by atoms with Crippen LogP contribution in [0.3, 0.4) is 0 Å². The van der Waals surface area contributed by atoms with Gasteiger partial charge in [0.2, 0.25) is 0 Å². The average molecular weight is 280 g/mol. The van der Waals surface area contributed by atoms with Crippen molar-refractivity contribution in [3.8, 4) is 0 Å². The van der Waals surface area contributed by atoms with Gasteiger partial charge in [-0.15, -0.1) is 0 Å². The van der Waals surface area contributed by atoms with Crippen LogP contribution < -0.4 is 11.1 Å². The van der Waals surface area contributed by atoms with Gasteiger partial charge in [-0.3, -0.25) is 0 Å². The third kappa shape index (κ3) is 3.52. The van der Waals surface area contributed by atoms with Crippen molar-refractivity contribution in [3.05, 3.63) is 71.3 Å². The van der Waals surface area contributed by atoms with Gasteiger partial charge in [-0.2, -0.15) is 0 Å². The smallest absolute Gasteiger partial charge is 0.0449 e. The van der Waals surface area contributed by atoms with E-state index in [0.717, 1.165) is 5.92 Å². The molecule has 0 spiro atoms. The Kier molecular flexibility index (Phi) is 4.37. The van der Waals surface area contributed by atoms with E-state index in [1.807, 2.05) is 0 Å². The van der Waals surface area contributed by atoms with Gasteiger partial charge in [0.1, 0.15) is 0 Å². The van der Waals surface area contributed by atoms with Crippen molar-refractivity contribution in [2.75, 3.05) is 6.54 Å². The maximum atomic E-state index is 6.01. The summed E-state index contributed by atoms with van der Waals surface area (Å²) in [5.74, 6) is 0.787. The standard InChI is InChI=1S/C19H24N2/c1-14(15-6-3-2-4-7-15)21-19(13-20)18-9-5-8-17(12-18)16-10-11-16/h2-9,12,14,16,19,21H,10-11,13,20H2,1H3. The summed E-state index contributed by atoms with van der Waals surface area (Å²) in [6, 6.07) is 20.0. The lowest BCUT2D eigenvalue weighted by atomic mass is 10.00. The summed E-state index contributed by atoms with van der Waals surface area (Å²) in [6.07, 6.45) is 2.68. The lowest BCUT2D eigenvalue weighted by Gasteiger charge is -2.23. The quantitative estimate of drug-likeness (QED) is 0.842. The van der Waals surface area contributed by atoms with Crippen molar-refractivity contribution in [2.24, 2.45) is 5.73 Å². The lowest BCUT2D eigenvalue weighted by molar-refractivity contribution is 0.473. The van der Waals surface area contributed by atoms with Crippen molar-refractivity contribution in [3.63, 3.8) is 0 Å². The van der Waals surface area contributed by atoms with E-state index in [9.17, 15) is 0 Å². The van der Waals surface area contributed by atoms with E-state index in [-0.39, 0.29) is 6.04 Å². The van der Waals surface area contributed by atoms with E-state index in [1.54, 1.807) is 0 Å². The zero-order chi connectivity index (χ0) is 14.7. The molecule has 2 atom stereocenters. The molecule has 2 unspecified atom stereocenters. The van der Waals surface area contributed by atoms with Gasteiger partial charge in [0.25, 0.3) is 0 Å². The lowest BCUT2D eigenvalue weighted by Crippen LogP contribution is -2.30. The van der Waals surface area contributed by atoms with Gasteiger partial charge in [-0.25, -0.2) is 0 Å². The Morgan fingerprint density at radius 1 is 1.05 bits per heavy atom. The Balaban J connectivity index is 1.74.